The molecule has 0 bridgehead atoms. The number of aryl methyl sites for hydroxylation is 3. The van der Waals surface area contributed by atoms with E-state index in [2.05, 4.69) is 20.1 Å². The molecule has 0 aromatic carbocycles. The average Bonchev–Trinajstić information content (AvgIpc) is 2.86. The zero-order chi connectivity index (χ0) is 15.3. The van der Waals surface area contributed by atoms with Gasteiger partial charge < -0.3 is 0 Å². The van der Waals surface area contributed by atoms with Crippen molar-refractivity contribution in [1.29, 1.82) is 0 Å². The Balaban J connectivity index is 0.000000461. The van der Waals surface area contributed by atoms with Crippen molar-refractivity contribution in [1.82, 2.24) is 24.6 Å². The highest BCUT2D eigenvalue weighted by molar-refractivity contribution is 5.87. The number of hydrogen-bond donors (Lipinski definition) is 0. The highest BCUT2D eigenvalue weighted by atomic mass is 15.3. The van der Waals surface area contributed by atoms with Crippen molar-refractivity contribution in [2.75, 3.05) is 0 Å². The summed E-state index contributed by atoms with van der Waals surface area (Å²) in [6.07, 6.45) is 1.86. The van der Waals surface area contributed by atoms with Crippen LogP contribution in [0.5, 0.6) is 0 Å². The van der Waals surface area contributed by atoms with Gasteiger partial charge in [0, 0.05) is 6.20 Å². The van der Waals surface area contributed by atoms with E-state index < -0.39 is 0 Å². The summed E-state index contributed by atoms with van der Waals surface area (Å²) in [4.78, 5) is 13.4. The van der Waals surface area contributed by atoms with E-state index in [9.17, 15) is 0 Å². The average molecular weight is 273 g/mol. The minimum absolute atomic E-state index is 0.743. The van der Waals surface area contributed by atoms with E-state index in [1.165, 1.54) is 0 Å². The molecule has 3 rings (SSSR count). The summed E-state index contributed by atoms with van der Waals surface area (Å²) >= 11 is 0. The van der Waals surface area contributed by atoms with E-state index in [1.54, 1.807) is 4.52 Å². The fraction of sp³-hybridized carbons (Fsp3) is 0.467. The smallest absolute Gasteiger partial charge is 0.183 e. The van der Waals surface area contributed by atoms with Crippen LogP contribution in [-0.4, -0.2) is 24.6 Å². The molecule has 0 spiro atoms. The predicted molar refractivity (Wildman–Crippen MR) is 83.0 cm³/mol. The Morgan fingerprint density at radius 1 is 0.850 bits per heavy atom. The first-order chi connectivity index (χ1) is 9.65. The Hall–Kier alpha value is -2.04. The van der Waals surface area contributed by atoms with Gasteiger partial charge in [0.1, 0.15) is 11.3 Å². The van der Waals surface area contributed by atoms with Crippen LogP contribution in [0.3, 0.4) is 0 Å². The molecule has 0 fully saturated rings. The molecule has 0 aliphatic heterocycles. The van der Waals surface area contributed by atoms with E-state index in [0.717, 1.165) is 33.9 Å². The van der Waals surface area contributed by atoms with Crippen molar-refractivity contribution in [3.05, 3.63) is 29.5 Å². The van der Waals surface area contributed by atoms with Crippen LogP contribution in [0.1, 0.15) is 44.9 Å². The Morgan fingerprint density at radius 3 is 2.10 bits per heavy atom. The summed E-state index contributed by atoms with van der Waals surface area (Å²) in [5, 5.41) is 4.25. The van der Waals surface area contributed by atoms with Gasteiger partial charge in [-0.15, -0.1) is 0 Å². The molecular weight excluding hydrogens is 250 g/mol. The summed E-state index contributed by atoms with van der Waals surface area (Å²) in [6.45, 7) is 13.8. The second kappa shape index (κ2) is 6.93. The van der Waals surface area contributed by atoms with Gasteiger partial charge in [0.25, 0.3) is 0 Å². The Labute approximate surface area is 120 Å². The zero-order valence-electron chi connectivity index (χ0n) is 13.4. The van der Waals surface area contributed by atoms with Crippen LogP contribution >= 0.6 is 0 Å². The molecule has 0 atom stereocenters. The molecule has 0 saturated carbocycles. The summed E-state index contributed by atoms with van der Waals surface area (Å²) in [7, 11) is 0. The van der Waals surface area contributed by atoms with E-state index in [4.69, 9.17) is 0 Å². The highest BCUT2D eigenvalue weighted by Crippen LogP contribution is 2.16. The van der Waals surface area contributed by atoms with Crippen LogP contribution < -0.4 is 0 Å². The minimum atomic E-state index is 0.743. The lowest BCUT2D eigenvalue weighted by atomic mass is 10.3. The summed E-state index contributed by atoms with van der Waals surface area (Å²) < 4.78 is 1.74. The number of aromatic nitrogens is 5. The van der Waals surface area contributed by atoms with E-state index in [0.29, 0.717) is 0 Å². The van der Waals surface area contributed by atoms with Gasteiger partial charge in [0.05, 0.1) is 16.9 Å². The van der Waals surface area contributed by atoms with Gasteiger partial charge in [-0.3, -0.25) is 0 Å². The maximum Gasteiger partial charge on any atom is 0.183 e. The van der Waals surface area contributed by atoms with Crippen molar-refractivity contribution in [2.24, 2.45) is 0 Å². The lowest BCUT2D eigenvalue weighted by Gasteiger charge is -2.02. The zero-order valence-corrected chi connectivity index (χ0v) is 13.4. The molecule has 3 aromatic rings. The van der Waals surface area contributed by atoms with Gasteiger partial charge in [-0.2, -0.15) is 5.10 Å². The first-order valence-corrected chi connectivity index (χ1v) is 7.12. The second-order valence-corrected chi connectivity index (χ2v) is 3.87. The molecule has 0 saturated heterocycles. The minimum Gasteiger partial charge on any atom is -0.249 e. The van der Waals surface area contributed by atoms with E-state index in [-0.39, 0.29) is 0 Å². The first kappa shape index (κ1) is 16.0. The molecule has 0 unspecified atom stereocenters. The monoisotopic (exact) mass is 273 g/mol. The standard InChI is InChI=1S/C11H11N5.2C2H6/c1-6-7(2)13-10-9(12-6)4-5-16-11(10)14-8(3)15-16;2*1-2/h4-5H,1-3H3;2*1-2H3. The first-order valence-electron chi connectivity index (χ1n) is 7.12. The molecule has 5 nitrogen and oxygen atoms in total. The Bertz CT molecular complexity index is 700. The molecule has 0 aliphatic rings. The van der Waals surface area contributed by atoms with Gasteiger partial charge in [-0.05, 0) is 26.8 Å². The maximum absolute atomic E-state index is 4.53. The Kier molecular flexibility index (Phi) is 5.55. The van der Waals surface area contributed by atoms with Crippen LogP contribution in [0.15, 0.2) is 12.3 Å². The Morgan fingerprint density at radius 2 is 1.45 bits per heavy atom. The third-order valence-corrected chi connectivity index (χ3v) is 2.66. The largest absolute Gasteiger partial charge is 0.249 e. The number of nitrogens with zero attached hydrogens (tertiary/aromatic N) is 5. The fourth-order valence-electron chi connectivity index (χ4n) is 1.74. The summed E-state index contributed by atoms with van der Waals surface area (Å²) in [6, 6.07) is 1.91. The lowest BCUT2D eigenvalue weighted by molar-refractivity contribution is 0.931. The second-order valence-electron chi connectivity index (χ2n) is 3.87. The molecule has 0 amide bonds. The quantitative estimate of drug-likeness (QED) is 0.627. The van der Waals surface area contributed by atoms with Gasteiger partial charge in [0.2, 0.25) is 0 Å². The summed E-state index contributed by atoms with van der Waals surface area (Å²) in [5.41, 5.74) is 4.33. The molecule has 20 heavy (non-hydrogen) atoms. The van der Waals surface area contributed by atoms with Crippen molar-refractivity contribution < 1.29 is 0 Å². The summed E-state index contributed by atoms with van der Waals surface area (Å²) in [5.74, 6) is 0.743. The van der Waals surface area contributed by atoms with Crippen molar-refractivity contribution in [3.8, 4) is 0 Å². The molecule has 108 valence electrons. The van der Waals surface area contributed by atoms with E-state index in [1.807, 2.05) is 60.7 Å². The third-order valence-electron chi connectivity index (χ3n) is 2.66. The SMILES string of the molecule is CC.CC.Cc1nc2c3nc(C)c(C)nc3ccn2n1. The van der Waals surface area contributed by atoms with Crippen LogP contribution in [0.2, 0.25) is 0 Å². The van der Waals surface area contributed by atoms with Crippen LogP contribution in [0, 0.1) is 20.8 Å². The van der Waals surface area contributed by atoms with Crippen molar-refractivity contribution in [2.45, 2.75) is 48.5 Å². The van der Waals surface area contributed by atoms with Crippen molar-refractivity contribution in [3.63, 3.8) is 0 Å². The maximum atomic E-state index is 4.53. The van der Waals surface area contributed by atoms with Crippen molar-refractivity contribution >= 4 is 16.7 Å². The number of pyridine rings is 1. The van der Waals surface area contributed by atoms with Crippen LogP contribution in [-0.2, 0) is 0 Å². The lowest BCUT2D eigenvalue weighted by Crippen LogP contribution is -1.96. The highest BCUT2D eigenvalue weighted by Gasteiger charge is 2.08. The molecule has 5 heteroatoms. The molecule has 3 aromatic heterocycles. The third kappa shape index (κ3) is 2.92. The van der Waals surface area contributed by atoms with Gasteiger partial charge in [-0.25, -0.2) is 19.5 Å². The predicted octanol–water partition coefficient (Wildman–Crippen LogP) is 3.65. The van der Waals surface area contributed by atoms with E-state index >= 15 is 0 Å². The molecule has 0 N–H and O–H groups in total. The van der Waals surface area contributed by atoms with Crippen LogP contribution in [0.25, 0.3) is 16.7 Å². The normalized spacial score (nSPS) is 9.75. The van der Waals surface area contributed by atoms with Gasteiger partial charge in [-0.1, -0.05) is 27.7 Å². The number of rotatable bonds is 0. The number of hydrogen-bond acceptors (Lipinski definition) is 4. The fourth-order valence-corrected chi connectivity index (χ4v) is 1.74. The topological polar surface area (TPSA) is 56.0 Å². The number of fused-ring (bicyclic) bond motifs is 3. The molecule has 0 radical (unpaired) electrons. The van der Waals surface area contributed by atoms with Gasteiger partial charge in [0.15, 0.2) is 5.65 Å². The molecule has 0 aliphatic carbocycles. The van der Waals surface area contributed by atoms with Crippen LogP contribution in [0.4, 0.5) is 0 Å². The van der Waals surface area contributed by atoms with Gasteiger partial charge >= 0.3 is 0 Å². The molecular formula is C15H23N5. The molecule has 3 heterocycles.